The van der Waals surface area contributed by atoms with E-state index in [2.05, 4.69) is 55.4 Å². The summed E-state index contributed by atoms with van der Waals surface area (Å²) in [5, 5.41) is 10.7. The number of phosphoric ester groups is 2. The predicted octanol–water partition coefficient (Wildman–Crippen LogP) is 26.3. The SMILES string of the molecule is CCC(C)CCCCCCCCCCCCCCCCCCCCC(=O)O[C@H](COC(=O)CCCCCCCCCCCCCCCCCCC(C)C)COP(=O)(O)OC[C@@H](O)COP(=O)(O)OC[C@@H](COC(=O)CCCCCCCCCCC(C)C)OC(=O)CCCCCCCCCCCCCC(C)C. The topological polar surface area (TPSA) is 237 Å². The van der Waals surface area contributed by atoms with E-state index < -0.39 is 97.5 Å². The number of esters is 4. The molecule has 0 aromatic rings. The summed E-state index contributed by atoms with van der Waals surface area (Å²) >= 11 is 0. The molecule has 0 aliphatic rings. The van der Waals surface area contributed by atoms with Gasteiger partial charge in [0.2, 0.25) is 0 Å². The summed E-state index contributed by atoms with van der Waals surface area (Å²) in [5.74, 6) is 1.07. The molecule has 630 valence electrons. The Hall–Kier alpha value is -1.94. The van der Waals surface area contributed by atoms with E-state index in [1.165, 1.54) is 257 Å². The zero-order chi connectivity index (χ0) is 78.1. The molecule has 0 aromatic carbocycles. The Morgan fingerprint density at radius 3 is 0.670 bits per heavy atom. The zero-order valence-corrected chi connectivity index (χ0v) is 71.9. The molecule has 3 N–H and O–H groups in total. The Kier molecular flexibility index (Phi) is 74.3. The van der Waals surface area contributed by atoms with Crippen molar-refractivity contribution in [3.05, 3.63) is 0 Å². The van der Waals surface area contributed by atoms with Crippen LogP contribution in [0.4, 0.5) is 0 Å². The van der Waals surface area contributed by atoms with Crippen molar-refractivity contribution >= 4 is 39.5 Å². The molecule has 0 radical (unpaired) electrons. The molecule has 0 saturated heterocycles. The lowest BCUT2D eigenvalue weighted by atomic mass is 9.99. The first-order chi connectivity index (χ1) is 51.1. The van der Waals surface area contributed by atoms with Crippen molar-refractivity contribution < 1.29 is 80.2 Å². The van der Waals surface area contributed by atoms with Crippen LogP contribution in [0, 0.1) is 23.7 Å². The van der Waals surface area contributed by atoms with E-state index in [0.717, 1.165) is 114 Å². The number of ether oxygens (including phenoxy) is 4. The van der Waals surface area contributed by atoms with Gasteiger partial charge in [-0.05, 0) is 49.4 Å². The van der Waals surface area contributed by atoms with Gasteiger partial charge in [-0.2, -0.15) is 0 Å². The van der Waals surface area contributed by atoms with Crippen molar-refractivity contribution in [2.24, 2.45) is 23.7 Å². The van der Waals surface area contributed by atoms with Gasteiger partial charge in [0.1, 0.15) is 19.3 Å². The van der Waals surface area contributed by atoms with E-state index in [9.17, 15) is 43.2 Å². The minimum absolute atomic E-state index is 0.106. The molecule has 6 atom stereocenters. The number of aliphatic hydroxyl groups excluding tert-OH is 1. The Balaban J connectivity index is 5.23. The minimum Gasteiger partial charge on any atom is -0.462 e. The summed E-state index contributed by atoms with van der Waals surface area (Å²) in [6, 6.07) is 0. The van der Waals surface area contributed by atoms with Crippen LogP contribution >= 0.6 is 15.6 Å². The molecular formula is C87H170O17P2. The van der Waals surface area contributed by atoms with Gasteiger partial charge in [0.15, 0.2) is 12.2 Å². The molecule has 0 rings (SSSR count). The molecule has 0 bridgehead atoms. The maximum absolute atomic E-state index is 13.2. The van der Waals surface area contributed by atoms with E-state index >= 15 is 0 Å². The van der Waals surface area contributed by atoms with E-state index in [1.807, 2.05) is 0 Å². The minimum atomic E-state index is -4.97. The highest BCUT2D eigenvalue weighted by Gasteiger charge is 2.31. The summed E-state index contributed by atoms with van der Waals surface area (Å²) < 4.78 is 68.9. The van der Waals surface area contributed by atoms with Gasteiger partial charge < -0.3 is 33.8 Å². The third-order valence-corrected chi connectivity index (χ3v) is 22.6. The van der Waals surface area contributed by atoms with Crippen molar-refractivity contribution in [3.8, 4) is 0 Å². The normalized spacial score (nSPS) is 14.2. The van der Waals surface area contributed by atoms with Crippen molar-refractivity contribution in [1.29, 1.82) is 0 Å². The molecule has 0 fully saturated rings. The van der Waals surface area contributed by atoms with E-state index in [0.29, 0.717) is 25.7 Å². The standard InChI is InChI=1S/C87H170O17P2/c1-9-80(8)66-58-50-42-33-27-21-17-12-10-11-13-19-23-29-35-45-53-61-69-86(91)103-82(73-97-84(89)67-59-51-43-34-28-22-18-15-14-16-20-25-31-39-47-55-63-77(2)3)75-101-105(93,94)99-71-81(88)72-100-106(95,96)102-76-83(74-98-85(90)68-60-52-44-38-37-41-49-57-65-79(6)7)104-87(92)70-62-54-46-36-30-24-26-32-40-48-56-64-78(4)5/h77-83,88H,9-76H2,1-8H3,(H,93,94)(H,95,96)/t80?,81-,82-,83-/m1/s1. The number of hydrogen-bond donors (Lipinski definition) is 3. The first-order valence-electron chi connectivity index (χ1n) is 44.7. The summed E-state index contributed by atoms with van der Waals surface area (Å²) in [6.07, 6.45) is 65.3. The summed E-state index contributed by atoms with van der Waals surface area (Å²) in [7, 11) is -9.93. The van der Waals surface area contributed by atoms with Crippen LogP contribution in [0.15, 0.2) is 0 Å². The van der Waals surface area contributed by atoms with Gasteiger partial charge in [-0.15, -0.1) is 0 Å². The lowest BCUT2D eigenvalue weighted by Gasteiger charge is -2.21. The molecule has 0 aliphatic heterocycles. The number of phosphoric acid groups is 2. The van der Waals surface area contributed by atoms with E-state index in [1.54, 1.807) is 0 Å². The Labute approximate surface area is 651 Å². The molecule has 106 heavy (non-hydrogen) atoms. The molecule has 0 saturated carbocycles. The Bertz CT molecular complexity index is 2060. The van der Waals surface area contributed by atoms with E-state index in [-0.39, 0.29) is 25.7 Å². The highest BCUT2D eigenvalue weighted by molar-refractivity contribution is 7.47. The second-order valence-electron chi connectivity index (χ2n) is 33.0. The molecule has 0 spiro atoms. The quantitative estimate of drug-likeness (QED) is 0.0222. The van der Waals surface area contributed by atoms with Gasteiger partial charge in [-0.25, -0.2) is 9.13 Å². The monoisotopic (exact) mass is 1550 g/mol. The fourth-order valence-corrected chi connectivity index (χ4v) is 15.0. The predicted molar refractivity (Wildman–Crippen MR) is 437 cm³/mol. The van der Waals surface area contributed by atoms with Crippen molar-refractivity contribution in [3.63, 3.8) is 0 Å². The largest absolute Gasteiger partial charge is 0.472 e. The van der Waals surface area contributed by atoms with Gasteiger partial charge in [0, 0.05) is 25.7 Å². The number of aliphatic hydroxyl groups is 1. The molecule has 0 amide bonds. The smallest absolute Gasteiger partial charge is 0.462 e. The van der Waals surface area contributed by atoms with E-state index in [4.69, 9.17) is 37.0 Å². The fraction of sp³-hybridized carbons (Fsp3) is 0.954. The molecule has 3 unspecified atom stereocenters. The maximum Gasteiger partial charge on any atom is 0.472 e. The lowest BCUT2D eigenvalue weighted by Crippen LogP contribution is -2.30. The lowest BCUT2D eigenvalue weighted by molar-refractivity contribution is -0.161. The molecule has 0 aliphatic carbocycles. The number of carbonyl (C=O) groups is 4. The van der Waals surface area contributed by atoms with Crippen LogP contribution in [0.5, 0.6) is 0 Å². The van der Waals surface area contributed by atoms with Crippen LogP contribution in [0.25, 0.3) is 0 Å². The molecular weight excluding hydrogens is 1380 g/mol. The average Bonchev–Trinajstić information content (AvgIpc) is 0.903. The van der Waals surface area contributed by atoms with Crippen molar-refractivity contribution in [1.82, 2.24) is 0 Å². The second kappa shape index (κ2) is 75.7. The van der Waals surface area contributed by atoms with Gasteiger partial charge in [0.25, 0.3) is 0 Å². The van der Waals surface area contributed by atoms with Crippen LogP contribution in [0.3, 0.4) is 0 Å². The van der Waals surface area contributed by atoms with Gasteiger partial charge in [-0.1, -0.05) is 402 Å². The highest BCUT2D eigenvalue weighted by Crippen LogP contribution is 2.45. The third kappa shape index (κ3) is 78.7. The van der Waals surface area contributed by atoms with Gasteiger partial charge >= 0.3 is 39.5 Å². The first-order valence-corrected chi connectivity index (χ1v) is 47.7. The maximum atomic E-state index is 13.2. The van der Waals surface area contributed by atoms with Gasteiger partial charge in [-0.3, -0.25) is 37.3 Å². The number of unbranched alkanes of at least 4 members (excludes halogenated alkanes) is 49. The van der Waals surface area contributed by atoms with Crippen LogP contribution in [-0.4, -0.2) is 96.7 Å². The van der Waals surface area contributed by atoms with Crippen LogP contribution in [0.1, 0.15) is 453 Å². The molecule has 0 aromatic heterocycles. The molecule has 0 heterocycles. The fourth-order valence-electron chi connectivity index (χ4n) is 13.5. The Morgan fingerprint density at radius 1 is 0.264 bits per heavy atom. The van der Waals surface area contributed by atoms with Crippen molar-refractivity contribution in [2.75, 3.05) is 39.6 Å². The number of carbonyl (C=O) groups excluding carboxylic acids is 4. The molecule has 17 nitrogen and oxygen atoms in total. The summed E-state index contributed by atoms with van der Waals surface area (Å²) in [5.41, 5.74) is 0. The average molecular weight is 1550 g/mol. The first kappa shape index (κ1) is 104. The van der Waals surface area contributed by atoms with Crippen LogP contribution in [0.2, 0.25) is 0 Å². The summed E-state index contributed by atoms with van der Waals surface area (Å²) in [6.45, 7) is 14.3. The van der Waals surface area contributed by atoms with Crippen LogP contribution < -0.4 is 0 Å². The number of rotatable bonds is 84. The third-order valence-electron chi connectivity index (χ3n) is 20.7. The second-order valence-corrected chi connectivity index (χ2v) is 35.9. The van der Waals surface area contributed by atoms with Crippen molar-refractivity contribution in [2.45, 2.75) is 472 Å². The number of hydrogen-bond acceptors (Lipinski definition) is 15. The zero-order valence-electron chi connectivity index (χ0n) is 70.1. The van der Waals surface area contributed by atoms with Gasteiger partial charge in [0.05, 0.1) is 26.4 Å². The summed E-state index contributed by atoms with van der Waals surface area (Å²) in [4.78, 5) is 73.2. The molecule has 19 heteroatoms. The Morgan fingerprint density at radius 2 is 0.453 bits per heavy atom. The highest BCUT2D eigenvalue weighted by atomic mass is 31.2. The van der Waals surface area contributed by atoms with Crippen LogP contribution in [-0.2, 0) is 65.4 Å².